The van der Waals surface area contributed by atoms with E-state index >= 15 is 0 Å². The van der Waals surface area contributed by atoms with E-state index in [2.05, 4.69) is 5.32 Å². The number of carbonyl (C=O) groups excluding carboxylic acids is 3. The van der Waals surface area contributed by atoms with Crippen LogP contribution in [0.5, 0.6) is 0 Å². The van der Waals surface area contributed by atoms with E-state index in [0.717, 1.165) is 0 Å². The first-order chi connectivity index (χ1) is 10.2. The molecule has 2 unspecified atom stereocenters. The largest absolute Gasteiger partial charge is 0.460 e. The molecule has 1 N–H and O–H groups in total. The van der Waals surface area contributed by atoms with Gasteiger partial charge in [0.1, 0.15) is 17.6 Å². The van der Waals surface area contributed by atoms with E-state index in [-0.39, 0.29) is 18.1 Å². The summed E-state index contributed by atoms with van der Waals surface area (Å²) in [7, 11) is 0. The van der Waals surface area contributed by atoms with Crippen LogP contribution < -0.4 is 5.32 Å². The van der Waals surface area contributed by atoms with Gasteiger partial charge in [-0.05, 0) is 47.5 Å². The number of amides is 1. The molecule has 6 heteroatoms. The molecule has 0 saturated carbocycles. The van der Waals surface area contributed by atoms with Crippen molar-refractivity contribution in [2.75, 3.05) is 0 Å². The molecule has 0 fully saturated rings. The summed E-state index contributed by atoms with van der Waals surface area (Å²) in [5, 5.41) is 2.57. The van der Waals surface area contributed by atoms with Crippen molar-refractivity contribution >= 4 is 17.8 Å². The Kier molecular flexibility index (Phi) is 7.74. The van der Waals surface area contributed by atoms with Crippen molar-refractivity contribution in [3.05, 3.63) is 0 Å². The average molecular weight is 329 g/mol. The molecule has 2 atom stereocenters. The van der Waals surface area contributed by atoms with Crippen LogP contribution in [0.2, 0.25) is 0 Å². The van der Waals surface area contributed by atoms with Gasteiger partial charge in [0.15, 0.2) is 5.78 Å². The summed E-state index contributed by atoms with van der Waals surface area (Å²) in [5.41, 5.74) is -1.31. The van der Waals surface area contributed by atoms with Gasteiger partial charge < -0.3 is 14.8 Å². The summed E-state index contributed by atoms with van der Waals surface area (Å²) >= 11 is 0. The lowest BCUT2D eigenvalue weighted by Crippen LogP contribution is -2.47. The molecule has 0 radical (unpaired) electrons. The standard InChI is InChI=1S/C17H31NO5/c1-9-11(2)14(18-15(21)23-17(6,7)8)12(19)10-13(20)22-16(3,4)5/h11,14H,9-10H2,1-8H3,(H,18,21). The van der Waals surface area contributed by atoms with Crippen LogP contribution in [-0.2, 0) is 19.1 Å². The summed E-state index contributed by atoms with van der Waals surface area (Å²) in [6.45, 7) is 14.2. The molecule has 0 aromatic carbocycles. The molecule has 6 nitrogen and oxygen atoms in total. The van der Waals surface area contributed by atoms with Crippen molar-refractivity contribution in [2.24, 2.45) is 5.92 Å². The fourth-order valence-corrected chi connectivity index (χ4v) is 1.84. The van der Waals surface area contributed by atoms with Gasteiger partial charge in [0.05, 0.1) is 6.04 Å². The maximum absolute atomic E-state index is 12.4. The Hall–Kier alpha value is -1.59. The lowest BCUT2D eigenvalue weighted by atomic mass is 9.94. The Morgan fingerprint density at radius 2 is 1.43 bits per heavy atom. The fraction of sp³-hybridized carbons (Fsp3) is 0.824. The van der Waals surface area contributed by atoms with Crippen molar-refractivity contribution < 1.29 is 23.9 Å². The molecule has 23 heavy (non-hydrogen) atoms. The Bertz CT molecular complexity index is 431. The molecule has 0 saturated heterocycles. The van der Waals surface area contributed by atoms with Crippen LogP contribution >= 0.6 is 0 Å². The number of ether oxygens (including phenoxy) is 2. The van der Waals surface area contributed by atoms with Gasteiger partial charge >= 0.3 is 12.1 Å². The zero-order chi connectivity index (χ0) is 18.4. The lowest BCUT2D eigenvalue weighted by Gasteiger charge is -2.26. The van der Waals surface area contributed by atoms with Crippen molar-refractivity contribution in [2.45, 2.75) is 85.5 Å². The van der Waals surface area contributed by atoms with Crippen LogP contribution in [0.4, 0.5) is 4.79 Å². The Balaban J connectivity index is 4.87. The minimum absolute atomic E-state index is 0.113. The molecule has 0 aliphatic rings. The van der Waals surface area contributed by atoms with Crippen molar-refractivity contribution in [3.8, 4) is 0 Å². The van der Waals surface area contributed by atoms with Crippen LogP contribution in [0.3, 0.4) is 0 Å². The number of alkyl carbamates (subject to hydrolysis) is 1. The zero-order valence-electron chi connectivity index (χ0n) is 15.6. The second kappa shape index (κ2) is 8.31. The topological polar surface area (TPSA) is 81.7 Å². The third-order valence-corrected chi connectivity index (χ3v) is 2.97. The molecule has 0 aliphatic heterocycles. The first kappa shape index (κ1) is 21.4. The van der Waals surface area contributed by atoms with Crippen LogP contribution in [-0.4, -0.2) is 35.1 Å². The van der Waals surface area contributed by atoms with Crippen molar-refractivity contribution in [1.82, 2.24) is 5.32 Å². The normalized spacial score (nSPS) is 14.6. The van der Waals surface area contributed by atoms with E-state index in [9.17, 15) is 14.4 Å². The summed E-state index contributed by atoms with van der Waals surface area (Å²) in [4.78, 5) is 36.1. The molecule has 0 aromatic rings. The summed E-state index contributed by atoms with van der Waals surface area (Å²) < 4.78 is 10.3. The number of rotatable bonds is 6. The number of hydrogen-bond acceptors (Lipinski definition) is 5. The number of ketones is 1. The van der Waals surface area contributed by atoms with Crippen molar-refractivity contribution in [3.63, 3.8) is 0 Å². The molecule has 0 spiro atoms. The van der Waals surface area contributed by atoms with Gasteiger partial charge in [-0.1, -0.05) is 20.3 Å². The Morgan fingerprint density at radius 3 is 1.83 bits per heavy atom. The van der Waals surface area contributed by atoms with E-state index in [1.54, 1.807) is 41.5 Å². The average Bonchev–Trinajstić information content (AvgIpc) is 2.30. The minimum Gasteiger partial charge on any atom is -0.460 e. The van der Waals surface area contributed by atoms with Crippen LogP contribution in [0.1, 0.15) is 68.2 Å². The van der Waals surface area contributed by atoms with E-state index in [4.69, 9.17) is 9.47 Å². The van der Waals surface area contributed by atoms with E-state index in [1.165, 1.54) is 0 Å². The van der Waals surface area contributed by atoms with E-state index in [1.807, 2.05) is 13.8 Å². The van der Waals surface area contributed by atoms with Gasteiger partial charge in [0.25, 0.3) is 0 Å². The number of hydrogen-bond donors (Lipinski definition) is 1. The van der Waals surface area contributed by atoms with Gasteiger partial charge in [-0.25, -0.2) is 4.79 Å². The first-order valence-corrected chi connectivity index (χ1v) is 7.99. The molecule has 0 bridgehead atoms. The summed E-state index contributed by atoms with van der Waals surface area (Å²) in [5.74, 6) is -1.08. The predicted octanol–water partition coefficient (Wildman–Crippen LogP) is 3.23. The molecule has 0 aliphatic carbocycles. The molecular formula is C17H31NO5. The number of Topliss-reactive ketones (excluding diaryl/α,β-unsaturated/α-hetero) is 1. The van der Waals surface area contributed by atoms with Gasteiger partial charge in [-0.2, -0.15) is 0 Å². The van der Waals surface area contributed by atoms with Gasteiger partial charge in [0, 0.05) is 0 Å². The second-order valence-corrected chi connectivity index (χ2v) is 7.74. The lowest BCUT2D eigenvalue weighted by molar-refractivity contribution is -0.156. The Morgan fingerprint density at radius 1 is 0.957 bits per heavy atom. The maximum Gasteiger partial charge on any atom is 0.408 e. The minimum atomic E-state index is -0.776. The second-order valence-electron chi connectivity index (χ2n) is 7.74. The highest BCUT2D eigenvalue weighted by Gasteiger charge is 2.30. The Labute approximate surface area is 139 Å². The van der Waals surface area contributed by atoms with Gasteiger partial charge in [-0.15, -0.1) is 0 Å². The zero-order valence-corrected chi connectivity index (χ0v) is 15.6. The highest BCUT2D eigenvalue weighted by atomic mass is 16.6. The van der Waals surface area contributed by atoms with Crippen molar-refractivity contribution in [1.29, 1.82) is 0 Å². The predicted molar refractivity (Wildman–Crippen MR) is 88.1 cm³/mol. The van der Waals surface area contributed by atoms with Gasteiger partial charge in [0.2, 0.25) is 0 Å². The smallest absolute Gasteiger partial charge is 0.408 e. The number of esters is 1. The highest BCUT2D eigenvalue weighted by Crippen LogP contribution is 2.15. The number of nitrogens with one attached hydrogen (secondary N) is 1. The quantitative estimate of drug-likeness (QED) is 0.597. The van der Waals surface area contributed by atoms with Crippen LogP contribution in [0.25, 0.3) is 0 Å². The molecule has 0 rings (SSSR count). The first-order valence-electron chi connectivity index (χ1n) is 7.99. The van der Waals surface area contributed by atoms with Crippen LogP contribution in [0.15, 0.2) is 0 Å². The van der Waals surface area contributed by atoms with Gasteiger partial charge in [-0.3, -0.25) is 9.59 Å². The molecular weight excluding hydrogens is 298 g/mol. The van der Waals surface area contributed by atoms with E-state index in [0.29, 0.717) is 6.42 Å². The summed E-state index contributed by atoms with van der Waals surface area (Å²) in [6, 6.07) is -0.776. The number of carbonyl (C=O) groups is 3. The third kappa shape index (κ3) is 9.92. The molecule has 134 valence electrons. The monoisotopic (exact) mass is 329 g/mol. The molecule has 0 heterocycles. The molecule has 0 aromatic heterocycles. The molecule has 1 amide bonds. The van der Waals surface area contributed by atoms with E-state index < -0.39 is 29.3 Å². The fourth-order valence-electron chi connectivity index (χ4n) is 1.84. The SMILES string of the molecule is CCC(C)C(NC(=O)OC(C)(C)C)C(=O)CC(=O)OC(C)(C)C. The third-order valence-electron chi connectivity index (χ3n) is 2.97. The summed E-state index contributed by atoms with van der Waals surface area (Å²) in [6.07, 6.45) is -0.358. The van der Waals surface area contributed by atoms with Crippen LogP contribution in [0, 0.1) is 5.92 Å². The highest BCUT2D eigenvalue weighted by molar-refractivity contribution is 5.99. The maximum atomic E-state index is 12.4.